The molecule has 4 nitrogen and oxygen atoms in total. The van der Waals surface area contributed by atoms with Gasteiger partial charge in [0.2, 0.25) is 5.91 Å². The van der Waals surface area contributed by atoms with Gasteiger partial charge in [0.25, 0.3) is 0 Å². The van der Waals surface area contributed by atoms with Gasteiger partial charge in [-0.05, 0) is 31.4 Å². The Morgan fingerprint density at radius 1 is 1.39 bits per heavy atom. The van der Waals surface area contributed by atoms with Crippen molar-refractivity contribution in [3.8, 4) is 0 Å². The van der Waals surface area contributed by atoms with Crippen LogP contribution in [0.2, 0.25) is 0 Å². The van der Waals surface area contributed by atoms with E-state index >= 15 is 0 Å². The molecule has 1 aliphatic rings. The minimum atomic E-state index is 0.0588. The first-order chi connectivity index (χ1) is 8.58. The third-order valence-electron chi connectivity index (χ3n) is 3.54. The van der Waals surface area contributed by atoms with Crippen LogP contribution in [0.4, 0.5) is 11.4 Å². The number of nitrogens with one attached hydrogen (secondary N) is 1. The summed E-state index contributed by atoms with van der Waals surface area (Å²) in [6.45, 7) is 5.49. The van der Waals surface area contributed by atoms with E-state index in [2.05, 4.69) is 16.3 Å². The van der Waals surface area contributed by atoms with Gasteiger partial charge in [-0.1, -0.05) is 12.1 Å². The van der Waals surface area contributed by atoms with Crippen molar-refractivity contribution >= 4 is 17.3 Å². The van der Waals surface area contributed by atoms with Gasteiger partial charge in [-0.15, -0.1) is 0 Å². The standard InChI is InChI=1S/C14H21N3O/c1-10-4-3-5-13(14(10)15)17-8-6-12(7-9-17)16-11(2)18/h3-5,12H,6-9,15H2,1-2H3,(H,16,18). The van der Waals surface area contributed by atoms with Crippen LogP contribution >= 0.6 is 0 Å². The summed E-state index contributed by atoms with van der Waals surface area (Å²) in [4.78, 5) is 13.3. The minimum absolute atomic E-state index is 0.0588. The predicted octanol–water partition coefficient (Wildman–Crippen LogP) is 1.68. The summed E-state index contributed by atoms with van der Waals surface area (Å²) in [6, 6.07) is 6.45. The van der Waals surface area contributed by atoms with E-state index in [4.69, 9.17) is 5.73 Å². The highest BCUT2D eigenvalue weighted by Gasteiger charge is 2.21. The molecule has 0 unspecified atom stereocenters. The third-order valence-corrected chi connectivity index (χ3v) is 3.54. The molecule has 1 heterocycles. The Balaban J connectivity index is 2.01. The van der Waals surface area contributed by atoms with E-state index in [1.807, 2.05) is 19.1 Å². The number of benzene rings is 1. The number of rotatable bonds is 2. The number of carbonyl (C=O) groups excluding carboxylic acids is 1. The third kappa shape index (κ3) is 2.75. The van der Waals surface area contributed by atoms with Crippen LogP contribution in [0.25, 0.3) is 0 Å². The highest BCUT2D eigenvalue weighted by atomic mass is 16.1. The Kier molecular flexibility index (Phi) is 3.75. The van der Waals surface area contributed by atoms with Gasteiger partial charge in [-0.3, -0.25) is 4.79 Å². The molecule has 0 spiro atoms. The summed E-state index contributed by atoms with van der Waals surface area (Å²) < 4.78 is 0. The Morgan fingerprint density at radius 2 is 2.06 bits per heavy atom. The normalized spacial score (nSPS) is 16.7. The fraction of sp³-hybridized carbons (Fsp3) is 0.500. The van der Waals surface area contributed by atoms with E-state index in [9.17, 15) is 4.79 Å². The monoisotopic (exact) mass is 247 g/mol. The minimum Gasteiger partial charge on any atom is -0.397 e. The van der Waals surface area contributed by atoms with Crippen LogP contribution < -0.4 is 16.0 Å². The van der Waals surface area contributed by atoms with Crippen molar-refractivity contribution in [3.05, 3.63) is 23.8 Å². The first-order valence-electron chi connectivity index (χ1n) is 6.45. The molecule has 18 heavy (non-hydrogen) atoms. The topological polar surface area (TPSA) is 58.4 Å². The van der Waals surface area contributed by atoms with Crippen molar-refractivity contribution in [2.45, 2.75) is 32.7 Å². The van der Waals surface area contributed by atoms with Crippen molar-refractivity contribution in [2.75, 3.05) is 23.7 Å². The van der Waals surface area contributed by atoms with Crippen LogP contribution in [-0.4, -0.2) is 25.0 Å². The number of anilines is 2. The van der Waals surface area contributed by atoms with E-state index in [1.54, 1.807) is 6.92 Å². The Hall–Kier alpha value is -1.71. The van der Waals surface area contributed by atoms with Crippen LogP contribution in [-0.2, 0) is 4.79 Å². The molecule has 2 rings (SSSR count). The molecule has 0 radical (unpaired) electrons. The van der Waals surface area contributed by atoms with Crippen LogP contribution in [0.5, 0.6) is 0 Å². The summed E-state index contributed by atoms with van der Waals surface area (Å²) >= 11 is 0. The second kappa shape index (κ2) is 5.29. The fourth-order valence-corrected chi connectivity index (χ4v) is 2.49. The van der Waals surface area contributed by atoms with Crippen molar-refractivity contribution in [3.63, 3.8) is 0 Å². The molecule has 0 aromatic heterocycles. The molecular weight excluding hydrogens is 226 g/mol. The van der Waals surface area contributed by atoms with Crippen molar-refractivity contribution in [1.82, 2.24) is 5.32 Å². The molecule has 0 bridgehead atoms. The number of para-hydroxylation sites is 1. The summed E-state index contributed by atoms with van der Waals surface area (Å²) in [7, 11) is 0. The molecule has 4 heteroatoms. The maximum atomic E-state index is 11.0. The number of carbonyl (C=O) groups is 1. The largest absolute Gasteiger partial charge is 0.397 e. The van der Waals surface area contributed by atoms with Gasteiger partial charge in [0, 0.05) is 26.1 Å². The predicted molar refractivity (Wildman–Crippen MR) is 74.6 cm³/mol. The number of nitrogen functional groups attached to an aromatic ring is 1. The van der Waals surface area contributed by atoms with Gasteiger partial charge in [-0.2, -0.15) is 0 Å². The van der Waals surface area contributed by atoms with Crippen LogP contribution in [0.15, 0.2) is 18.2 Å². The van der Waals surface area contributed by atoms with Gasteiger partial charge in [0.05, 0.1) is 11.4 Å². The van der Waals surface area contributed by atoms with Crippen molar-refractivity contribution < 1.29 is 4.79 Å². The van der Waals surface area contributed by atoms with E-state index in [-0.39, 0.29) is 5.91 Å². The summed E-state index contributed by atoms with van der Waals surface area (Å²) in [6.07, 6.45) is 1.96. The van der Waals surface area contributed by atoms with Crippen LogP contribution in [0, 0.1) is 6.92 Å². The number of piperidine rings is 1. The molecule has 1 aromatic carbocycles. The number of amides is 1. The summed E-state index contributed by atoms with van der Waals surface area (Å²) in [5.74, 6) is 0.0588. The molecule has 1 fully saturated rings. The van der Waals surface area contributed by atoms with Gasteiger partial charge < -0.3 is 16.0 Å². The molecule has 1 amide bonds. The lowest BCUT2D eigenvalue weighted by Crippen LogP contribution is -2.44. The van der Waals surface area contributed by atoms with Crippen LogP contribution in [0.3, 0.4) is 0 Å². The molecule has 1 aliphatic heterocycles. The Morgan fingerprint density at radius 3 is 2.67 bits per heavy atom. The highest BCUT2D eigenvalue weighted by Crippen LogP contribution is 2.28. The maximum absolute atomic E-state index is 11.0. The fourth-order valence-electron chi connectivity index (χ4n) is 2.49. The van der Waals surface area contributed by atoms with E-state index in [0.29, 0.717) is 6.04 Å². The van der Waals surface area contributed by atoms with Crippen molar-refractivity contribution in [2.24, 2.45) is 0 Å². The summed E-state index contributed by atoms with van der Waals surface area (Å²) in [5, 5.41) is 2.98. The van der Waals surface area contributed by atoms with Crippen LogP contribution in [0.1, 0.15) is 25.3 Å². The molecule has 0 atom stereocenters. The molecule has 1 saturated heterocycles. The highest BCUT2D eigenvalue weighted by molar-refractivity contribution is 5.73. The van der Waals surface area contributed by atoms with Gasteiger partial charge in [0.15, 0.2) is 0 Å². The average molecular weight is 247 g/mol. The lowest BCUT2D eigenvalue weighted by Gasteiger charge is -2.34. The number of aryl methyl sites for hydroxylation is 1. The zero-order valence-corrected chi connectivity index (χ0v) is 11.1. The van der Waals surface area contributed by atoms with E-state index in [1.165, 1.54) is 0 Å². The first-order valence-corrected chi connectivity index (χ1v) is 6.45. The van der Waals surface area contributed by atoms with E-state index in [0.717, 1.165) is 42.9 Å². The zero-order valence-electron chi connectivity index (χ0n) is 11.1. The molecule has 0 aliphatic carbocycles. The smallest absolute Gasteiger partial charge is 0.217 e. The second-order valence-corrected chi connectivity index (χ2v) is 4.97. The van der Waals surface area contributed by atoms with E-state index < -0.39 is 0 Å². The second-order valence-electron chi connectivity index (χ2n) is 4.97. The molecule has 98 valence electrons. The van der Waals surface area contributed by atoms with Gasteiger partial charge in [0.1, 0.15) is 0 Å². The SMILES string of the molecule is CC(=O)NC1CCN(c2cccc(C)c2N)CC1. The average Bonchev–Trinajstić information content (AvgIpc) is 2.33. The molecular formula is C14H21N3O. The lowest BCUT2D eigenvalue weighted by molar-refractivity contribution is -0.119. The number of nitrogens with two attached hydrogens (primary N) is 1. The molecule has 1 aromatic rings. The lowest BCUT2D eigenvalue weighted by atomic mass is 10.0. The molecule has 0 saturated carbocycles. The quantitative estimate of drug-likeness (QED) is 0.782. The van der Waals surface area contributed by atoms with Gasteiger partial charge in [-0.25, -0.2) is 0 Å². The summed E-state index contributed by atoms with van der Waals surface area (Å²) in [5.41, 5.74) is 9.23. The molecule has 3 N–H and O–H groups in total. The number of nitrogens with zero attached hydrogens (tertiary/aromatic N) is 1. The Labute approximate surface area is 108 Å². The Bertz CT molecular complexity index is 437. The maximum Gasteiger partial charge on any atom is 0.217 e. The van der Waals surface area contributed by atoms with Crippen molar-refractivity contribution in [1.29, 1.82) is 0 Å². The first kappa shape index (κ1) is 12.7. The number of hydrogen-bond acceptors (Lipinski definition) is 3. The van der Waals surface area contributed by atoms with Gasteiger partial charge >= 0.3 is 0 Å². The number of hydrogen-bond donors (Lipinski definition) is 2. The zero-order chi connectivity index (χ0) is 13.1.